The molecule has 2 aliphatic rings. The van der Waals surface area contributed by atoms with Gasteiger partial charge >= 0.3 is 17.7 Å². The third-order valence-electron chi connectivity index (χ3n) is 5.62. The van der Waals surface area contributed by atoms with E-state index in [2.05, 4.69) is 20.4 Å². The van der Waals surface area contributed by atoms with Crippen LogP contribution in [0.3, 0.4) is 0 Å². The first-order valence-electron chi connectivity index (χ1n) is 10.7. The summed E-state index contributed by atoms with van der Waals surface area (Å²) in [6.45, 7) is 2.09. The second-order valence-corrected chi connectivity index (χ2v) is 8.01. The molecule has 2 aliphatic carbocycles. The first-order chi connectivity index (χ1) is 15.0. The zero-order valence-corrected chi connectivity index (χ0v) is 17.4. The van der Waals surface area contributed by atoms with Crippen LogP contribution in [0.15, 0.2) is 25.2 Å². The Morgan fingerprint density at radius 3 is 2.77 bits per heavy atom. The molecule has 2 aromatic heterocycles. The molecule has 0 saturated heterocycles. The van der Waals surface area contributed by atoms with Crippen molar-refractivity contribution in [3.05, 3.63) is 32.4 Å². The van der Waals surface area contributed by atoms with Crippen molar-refractivity contribution >= 4 is 22.9 Å². The highest BCUT2D eigenvalue weighted by atomic mass is 16.6. The number of nitrogens with zero attached hydrogens (tertiary/aromatic N) is 2. The van der Waals surface area contributed by atoms with Gasteiger partial charge in [-0.3, -0.25) is 9.78 Å². The lowest BCUT2D eigenvalue weighted by Crippen LogP contribution is -2.38. The Balaban J connectivity index is 1.42. The van der Waals surface area contributed by atoms with Gasteiger partial charge in [-0.2, -0.15) is 4.98 Å². The van der Waals surface area contributed by atoms with Crippen molar-refractivity contribution in [1.29, 1.82) is 0 Å². The van der Waals surface area contributed by atoms with Gasteiger partial charge in [0.15, 0.2) is 0 Å². The predicted molar refractivity (Wildman–Crippen MR) is 112 cm³/mol. The fourth-order valence-corrected chi connectivity index (χ4v) is 3.77. The summed E-state index contributed by atoms with van der Waals surface area (Å²) in [6.07, 6.45) is 6.25. The highest BCUT2D eigenvalue weighted by molar-refractivity contribution is 5.85. The highest BCUT2D eigenvalue weighted by Gasteiger charge is 2.23. The normalized spacial score (nSPS) is 18.6. The molecule has 10 nitrogen and oxygen atoms in total. The van der Waals surface area contributed by atoms with Crippen molar-refractivity contribution in [3.8, 4) is 6.01 Å². The number of carbonyl (C=O) groups excluding carboxylic acids is 1. The second kappa shape index (κ2) is 9.32. The summed E-state index contributed by atoms with van der Waals surface area (Å²) in [5.74, 6) is 0.676. The molecule has 4 rings (SSSR count). The number of oxime groups is 1. The van der Waals surface area contributed by atoms with Crippen molar-refractivity contribution in [2.75, 3.05) is 6.61 Å². The van der Waals surface area contributed by atoms with Crippen LogP contribution < -0.4 is 21.3 Å². The molecule has 2 heterocycles. The fourth-order valence-electron chi connectivity index (χ4n) is 3.77. The maximum atomic E-state index is 12.6. The van der Waals surface area contributed by atoms with Gasteiger partial charge in [0.1, 0.15) is 5.39 Å². The number of alkyl carbamates (subject to hydrolysis) is 1. The second-order valence-electron chi connectivity index (χ2n) is 8.01. The molecular weight excluding hydrogens is 404 g/mol. The number of aromatic nitrogens is 2. The van der Waals surface area contributed by atoms with Crippen LogP contribution in [-0.4, -0.2) is 34.4 Å². The smallest absolute Gasteiger partial charge is 0.407 e. The van der Waals surface area contributed by atoms with E-state index >= 15 is 0 Å². The number of nitrogens with one attached hydrogen (secondary N) is 2. The number of aromatic amines is 1. The van der Waals surface area contributed by atoms with Crippen molar-refractivity contribution in [3.63, 3.8) is 0 Å². The number of fused-ring (bicyclic) bond motifs is 1. The van der Waals surface area contributed by atoms with Gasteiger partial charge in [-0.1, -0.05) is 18.0 Å². The van der Waals surface area contributed by atoms with E-state index in [0.29, 0.717) is 50.2 Å². The molecule has 166 valence electrons. The maximum Gasteiger partial charge on any atom is 0.407 e. The lowest BCUT2D eigenvalue weighted by molar-refractivity contribution is 0.146. The number of hydrogen-bond donors (Lipinski definition) is 2. The molecule has 0 aliphatic heterocycles. The minimum Gasteiger partial charge on any atom is -0.450 e. The van der Waals surface area contributed by atoms with Crippen LogP contribution in [0.2, 0.25) is 0 Å². The molecule has 0 bridgehead atoms. The van der Waals surface area contributed by atoms with Gasteiger partial charge in [-0.15, -0.1) is 0 Å². The molecule has 0 spiro atoms. The van der Waals surface area contributed by atoms with Crippen LogP contribution in [0.4, 0.5) is 4.79 Å². The van der Waals surface area contributed by atoms with E-state index in [-0.39, 0.29) is 23.2 Å². The molecule has 2 aromatic rings. The first kappa shape index (κ1) is 21.1. The molecule has 0 aromatic carbocycles. The monoisotopic (exact) mass is 430 g/mol. The predicted octanol–water partition coefficient (Wildman–Crippen LogP) is 2.64. The third kappa shape index (κ3) is 5.50. The standard InChI is InChI=1S/C21H26N4O6/c1-2-29-21(28)22-14-7-9-15(10-8-14)25-31-20-23-18(27)17-13(6-5-12-3-4-12)11-16(26)30-19(17)24-20/h11-12,14H,2-10H2,1H3,(H,22,28)(H,23,24,27). The molecule has 0 radical (unpaired) electrons. The molecular formula is C21H26N4O6. The topological polar surface area (TPSA) is 136 Å². The molecule has 2 fully saturated rings. The summed E-state index contributed by atoms with van der Waals surface area (Å²) in [5.41, 5.74) is 0.444. The molecule has 31 heavy (non-hydrogen) atoms. The summed E-state index contributed by atoms with van der Waals surface area (Å²) in [7, 11) is 0. The van der Waals surface area contributed by atoms with Gasteiger partial charge in [0.25, 0.3) is 5.56 Å². The van der Waals surface area contributed by atoms with E-state index in [0.717, 1.165) is 12.1 Å². The van der Waals surface area contributed by atoms with Crippen LogP contribution in [0, 0.1) is 5.92 Å². The number of H-pyrrole nitrogens is 1. The molecule has 1 amide bonds. The van der Waals surface area contributed by atoms with E-state index < -0.39 is 17.3 Å². The summed E-state index contributed by atoms with van der Waals surface area (Å²) < 4.78 is 10.0. The molecule has 0 unspecified atom stereocenters. The van der Waals surface area contributed by atoms with Crippen molar-refractivity contribution in [2.24, 2.45) is 11.1 Å². The van der Waals surface area contributed by atoms with Gasteiger partial charge in [0.05, 0.1) is 12.3 Å². The lowest BCUT2D eigenvalue weighted by Gasteiger charge is -2.23. The molecule has 2 N–H and O–H groups in total. The largest absolute Gasteiger partial charge is 0.450 e. The zero-order chi connectivity index (χ0) is 21.8. The Labute approximate surface area is 178 Å². The Morgan fingerprint density at radius 2 is 2.06 bits per heavy atom. The van der Waals surface area contributed by atoms with Crippen molar-refractivity contribution < 1.29 is 18.8 Å². The van der Waals surface area contributed by atoms with E-state index in [4.69, 9.17) is 14.0 Å². The quantitative estimate of drug-likeness (QED) is 0.644. The van der Waals surface area contributed by atoms with Gasteiger partial charge in [-0.25, -0.2) is 9.59 Å². The van der Waals surface area contributed by atoms with Crippen LogP contribution >= 0.6 is 0 Å². The van der Waals surface area contributed by atoms with Gasteiger partial charge in [0, 0.05) is 12.1 Å². The number of rotatable bonds is 7. The van der Waals surface area contributed by atoms with Crippen LogP contribution in [0.25, 0.3) is 11.1 Å². The van der Waals surface area contributed by atoms with Crippen molar-refractivity contribution in [1.82, 2.24) is 15.3 Å². The van der Waals surface area contributed by atoms with Crippen molar-refractivity contribution in [2.45, 2.75) is 64.3 Å². The van der Waals surface area contributed by atoms with Crippen LogP contribution in [0.5, 0.6) is 6.01 Å². The lowest BCUT2D eigenvalue weighted by atomic mass is 9.94. The first-order valence-corrected chi connectivity index (χ1v) is 10.7. The number of hydrogen-bond acceptors (Lipinski definition) is 8. The average Bonchev–Trinajstić information content (AvgIpc) is 3.56. The number of aryl methyl sites for hydroxylation is 1. The van der Waals surface area contributed by atoms with Gasteiger partial charge in [0.2, 0.25) is 5.71 Å². The minimum atomic E-state index is -0.541. The summed E-state index contributed by atoms with van der Waals surface area (Å²) in [4.78, 5) is 48.1. The molecule has 10 heteroatoms. The Kier molecular flexibility index (Phi) is 6.34. The SMILES string of the molecule is CCOC(=O)NC1CCC(=NOc2nc3oc(=O)cc(CCC4CC4)c3c(=O)[nH]2)CC1. The fraction of sp³-hybridized carbons (Fsp3) is 0.571. The summed E-state index contributed by atoms with van der Waals surface area (Å²) in [5, 5.41) is 7.18. The van der Waals surface area contributed by atoms with E-state index in [1.54, 1.807) is 6.92 Å². The van der Waals surface area contributed by atoms with E-state index in [1.807, 2.05) is 0 Å². The summed E-state index contributed by atoms with van der Waals surface area (Å²) >= 11 is 0. The van der Waals surface area contributed by atoms with Crippen LogP contribution in [0.1, 0.15) is 57.4 Å². The van der Waals surface area contributed by atoms with Gasteiger partial charge < -0.3 is 19.3 Å². The minimum absolute atomic E-state index is 0.0277. The van der Waals surface area contributed by atoms with E-state index in [1.165, 1.54) is 18.9 Å². The average molecular weight is 430 g/mol. The van der Waals surface area contributed by atoms with Crippen LogP contribution in [-0.2, 0) is 11.2 Å². The number of carbonyl (C=O) groups is 1. The number of amides is 1. The maximum absolute atomic E-state index is 12.6. The molecule has 2 saturated carbocycles. The third-order valence-corrected chi connectivity index (χ3v) is 5.62. The van der Waals surface area contributed by atoms with E-state index in [9.17, 15) is 14.4 Å². The Hall–Kier alpha value is -3.17. The Bertz CT molecular complexity index is 1090. The highest BCUT2D eigenvalue weighted by Crippen LogP contribution is 2.33. The zero-order valence-electron chi connectivity index (χ0n) is 17.4. The van der Waals surface area contributed by atoms with Gasteiger partial charge in [-0.05, 0) is 56.9 Å². The number of ether oxygens (including phenoxy) is 1. The molecule has 0 atom stereocenters. The summed E-state index contributed by atoms with van der Waals surface area (Å²) in [6, 6.07) is 1.27. The Morgan fingerprint density at radius 1 is 1.29 bits per heavy atom.